The highest BCUT2D eigenvalue weighted by Gasteiger charge is 2.15. The summed E-state index contributed by atoms with van der Waals surface area (Å²) in [4.78, 5) is 0. The van der Waals surface area contributed by atoms with Gasteiger partial charge in [0.1, 0.15) is 0 Å². The van der Waals surface area contributed by atoms with Crippen molar-refractivity contribution in [2.24, 2.45) is 0 Å². The molecule has 0 aliphatic rings. The maximum absolute atomic E-state index is 11.1. The van der Waals surface area contributed by atoms with Gasteiger partial charge in [-0.05, 0) is 23.1 Å². The monoisotopic (exact) mass is 183 g/mol. The van der Waals surface area contributed by atoms with Gasteiger partial charge in [-0.15, -0.1) is 0 Å². The first-order valence-corrected chi connectivity index (χ1v) is 5.37. The van der Waals surface area contributed by atoms with Crippen LogP contribution in [0.3, 0.4) is 0 Å². The van der Waals surface area contributed by atoms with Gasteiger partial charge >= 0.3 is 8.03 Å². The highest BCUT2D eigenvalue weighted by atomic mass is 31.1. The van der Waals surface area contributed by atoms with Crippen molar-refractivity contribution in [2.75, 3.05) is 6.16 Å². The Morgan fingerprint density at radius 3 is 2.58 bits per heavy atom. The Kier molecular flexibility index (Phi) is 3.75. The molecule has 0 aromatic heterocycles. The number of hydrogen-bond acceptors (Lipinski definition) is 2. The first kappa shape index (κ1) is 9.21. The minimum atomic E-state index is -1.51. The molecule has 0 bridgehead atoms. The molecule has 0 radical (unpaired) electrons. The molecule has 64 valence electrons. The molecule has 0 fully saturated rings. The van der Waals surface area contributed by atoms with Gasteiger partial charge in [0.2, 0.25) is 0 Å². The fraction of sp³-hybridized carbons (Fsp3) is 0.333. The zero-order chi connectivity index (χ0) is 8.81. The predicted molar refractivity (Wildman–Crippen MR) is 49.8 cm³/mol. The van der Waals surface area contributed by atoms with Crippen molar-refractivity contribution in [3.8, 4) is 5.75 Å². The van der Waals surface area contributed by atoms with E-state index in [1.165, 1.54) is 0 Å². The van der Waals surface area contributed by atoms with Gasteiger partial charge in [-0.2, -0.15) is 0 Å². The Labute approximate surface area is 73.4 Å². The maximum atomic E-state index is 11.1. The van der Waals surface area contributed by atoms with Gasteiger partial charge in [-0.1, -0.05) is 25.1 Å². The van der Waals surface area contributed by atoms with Crippen LogP contribution in [0.5, 0.6) is 5.75 Å². The van der Waals surface area contributed by atoms with Crippen molar-refractivity contribution < 1.29 is 9.09 Å². The van der Waals surface area contributed by atoms with Gasteiger partial charge in [0.15, 0.2) is 11.9 Å². The van der Waals surface area contributed by atoms with Gasteiger partial charge in [0.05, 0.1) is 0 Å². The Morgan fingerprint density at radius 2 is 2.00 bits per heavy atom. The zero-order valence-electron chi connectivity index (χ0n) is 7.06. The smallest absolute Gasteiger partial charge is 0.254 e. The van der Waals surface area contributed by atoms with E-state index in [-0.39, 0.29) is 0 Å². The van der Waals surface area contributed by atoms with E-state index in [0.717, 1.165) is 6.42 Å². The molecular formula is C9H12O2P+. The number of benzene rings is 1. The van der Waals surface area contributed by atoms with Gasteiger partial charge in [0.25, 0.3) is 0 Å². The van der Waals surface area contributed by atoms with Crippen molar-refractivity contribution in [2.45, 2.75) is 13.3 Å². The molecule has 0 heterocycles. The molecule has 1 unspecified atom stereocenters. The quantitative estimate of drug-likeness (QED) is 0.670. The first-order valence-electron chi connectivity index (χ1n) is 4.00. The van der Waals surface area contributed by atoms with E-state index in [4.69, 9.17) is 4.52 Å². The molecule has 0 N–H and O–H groups in total. The summed E-state index contributed by atoms with van der Waals surface area (Å²) in [5, 5.41) is 0. The van der Waals surface area contributed by atoms with E-state index in [2.05, 4.69) is 0 Å². The van der Waals surface area contributed by atoms with E-state index in [1.54, 1.807) is 0 Å². The molecule has 1 aromatic carbocycles. The van der Waals surface area contributed by atoms with Crippen LogP contribution in [-0.2, 0) is 4.57 Å². The largest absolute Gasteiger partial charge is 0.555 e. The molecule has 3 heteroatoms. The van der Waals surface area contributed by atoms with Crippen LogP contribution in [0.25, 0.3) is 0 Å². The summed E-state index contributed by atoms with van der Waals surface area (Å²) in [6.45, 7) is 1.99. The average molecular weight is 183 g/mol. The van der Waals surface area contributed by atoms with Crippen molar-refractivity contribution in [3.05, 3.63) is 30.3 Å². The van der Waals surface area contributed by atoms with Crippen LogP contribution in [0.15, 0.2) is 30.3 Å². The summed E-state index contributed by atoms with van der Waals surface area (Å²) >= 11 is 0. The molecule has 0 aliphatic heterocycles. The van der Waals surface area contributed by atoms with Gasteiger partial charge in [-0.25, -0.2) is 0 Å². The Hall–Kier alpha value is -0.880. The fourth-order valence-corrected chi connectivity index (χ4v) is 1.64. The number of para-hydroxylation sites is 1. The highest BCUT2D eigenvalue weighted by molar-refractivity contribution is 7.39. The van der Waals surface area contributed by atoms with Gasteiger partial charge in [0, 0.05) is 0 Å². The minimum absolute atomic E-state index is 0.629. The predicted octanol–water partition coefficient (Wildman–Crippen LogP) is 3.22. The van der Waals surface area contributed by atoms with Crippen LogP contribution in [0, 0.1) is 0 Å². The topological polar surface area (TPSA) is 26.3 Å². The van der Waals surface area contributed by atoms with Crippen LogP contribution >= 0.6 is 8.03 Å². The lowest BCUT2D eigenvalue weighted by Gasteiger charge is -1.90. The summed E-state index contributed by atoms with van der Waals surface area (Å²) in [5.41, 5.74) is 0. The first-order chi connectivity index (χ1) is 5.83. The van der Waals surface area contributed by atoms with Crippen LogP contribution in [0.2, 0.25) is 0 Å². The van der Waals surface area contributed by atoms with Crippen molar-refractivity contribution in [1.29, 1.82) is 0 Å². The van der Waals surface area contributed by atoms with Crippen LogP contribution < -0.4 is 4.52 Å². The molecule has 0 amide bonds. The van der Waals surface area contributed by atoms with Crippen molar-refractivity contribution >= 4 is 8.03 Å². The molecule has 1 atom stereocenters. The lowest BCUT2D eigenvalue weighted by atomic mass is 10.3. The third-order valence-corrected chi connectivity index (χ3v) is 2.58. The second-order valence-corrected chi connectivity index (χ2v) is 3.76. The Balaban J connectivity index is 2.47. The summed E-state index contributed by atoms with van der Waals surface area (Å²) < 4.78 is 16.3. The van der Waals surface area contributed by atoms with E-state index in [9.17, 15) is 4.57 Å². The van der Waals surface area contributed by atoms with E-state index < -0.39 is 8.03 Å². The lowest BCUT2D eigenvalue weighted by molar-refractivity contribution is 0.504. The summed E-state index contributed by atoms with van der Waals surface area (Å²) in [6.07, 6.45) is 1.52. The van der Waals surface area contributed by atoms with Crippen LogP contribution in [-0.4, -0.2) is 6.16 Å². The number of hydrogen-bond donors (Lipinski definition) is 0. The molecule has 0 spiro atoms. The molecule has 2 nitrogen and oxygen atoms in total. The molecule has 0 aliphatic carbocycles. The van der Waals surface area contributed by atoms with Gasteiger partial charge < -0.3 is 0 Å². The van der Waals surface area contributed by atoms with Crippen LogP contribution in [0.4, 0.5) is 0 Å². The maximum Gasteiger partial charge on any atom is 0.555 e. The Morgan fingerprint density at radius 1 is 1.33 bits per heavy atom. The molecule has 0 saturated carbocycles. The fourth-order valence-electron chi connectivity index (χ4n) is 0.827. The van der Waals surface area contributed by atoms with Crippen molar-refractivity contribution in [3.63, 3.8) is 0 Å². The average Bonchev–Trinajstić information content (AvgIpc) is 2.06. The van der Waals surface area contributed by atoms with Crippen molar-refractivity contribution in [1.82, 2.24) is 0 Å². The highest BCUT2D eigenvalue weighted by Crippen LogP contribution is 2.26. The molecule has 1 aromatic rings. The van der Waals surface area contributed by atoms with E-state index in [0.29, 0.717) is 11.9 Å². The molecule has 0 saturated heterocycles. The second-order valence-electron chi connectivity index (χ2n) is 2.46. The standard InChI is InChI=1S/C9H12O2P/c1-2-8-12(10)11-9-6-4-3-5-7-9/h3-7H,2,8H2,1H3/q+1. The molecular weight excluding hydrogens is 171 g/mol. The van der Waals surface area contributed by atoms with Crippen LogP contribution in [0.1, 0.15) is 13.3 Å². The van der Waals surface area contributed by atoms with E-state index in [1.807, 2.05) is 37.3 Å². The van der Waals surface area contributed by atoms with Gasteiger partial charge in [-0.3, -0.25) is 4.52 Å². The second kappa shape index (κ2) is 4.89. The normalized spacial score (nSPS) is 10.9. The molecule has 12 heavy (non-hydrogen) atoms. The number of rotatable bonds is 4. The SMILES string of the molecule is CCC[P+](=O)Oc1ccccc1. The summed E-state index contributed by atoms with van der Waals surface area (Å²) in [6, 6.07) is 9.25. The lowest BCUT2D eigenvalue weighted by Crippen LogP contribution is -1.83. The summed E-state index contributed by atoms with van der Waals surface area (Å²) in [5.74, 6) is 0.687. The summed E-state index contributed by atoms with van der Waals surface area (Å²) in [7, 11) is -1.51. The third-order valence-electron chi connectivity index (χ3n) is 1.36. The zero-order valence-corrected chi connectivity index (χ0v) is 7.96. The van der Waals surface area contributed by atoms with E-state index >= 15 is 0 Å². The molecule has 1 rings (SSSR count). The Bertz CT molecular complexity index is 246. The minimum Gasteiger partial charge on any atom is -0.254 e. The third kappa shape index (κ3) is 3.02.